The molecule has 0 atom stereocenters. The number of nitrogens with one attached hydrogen (secondary N) is 1. The van der Waals surface area contributed by atoms with Gasteiger partial charge < -0.3 is 14.6 Å². The van der Waals surface area contributed by atoms with Gasteiger partial charge in [0.05, 0.1) is 5.69 Å². The molecule has 0 spiro atoms. The van der Waals surface area contributed by atoms with Gasteiger partial charge in [0.25, 0.3) is 5.89 Å². The van der Waals surface area contributed by atoms with E-state index in [4.69, 9.17) is 4.42 Å². The lowest BCUT2D eigenvalue weighted by Gasteiger charge is -2.23. The first kappa shape index (κ1) is 17.3. The minimum Gasteiger partial charge on any atom is -0.437 e. The molecule has 2 aliphatic rings. The second kappa shape index (κ2) is 8.04. The highest BCUT2D eigenvalue weighted by atomic mass is 16.4. The van der Waals surface area contributed by atoms with E-state index in [0.29, 0.717) is 6.54 Å². The minimum atomic E-state index is -0.232. The van der Waals surface area contributed by atoms with E-state index in [0.717, 1.165) is 48.9 Å². The monoisotopic (exact) mass is 353 g/mol. The Labute approximate surface area is 154 Å². The highest BCUT2D eigenvalue weighted by Crippen LogP contribution is 2.26. The Morgan fingerprint density at radius 2 is 1.92 bits per heavy atom. The van der Waals surface area contributed by atoms with Crippen molar-refractivity contribution in [1.29, 1.82) is 0 Å². The molecule has 1 fully saturated rings. The zero-order valence-corrected chi connectivity index (χ0v) is 15.2. The zero-order chi connectivity index (χ0) is 17.8. The SMILES string of the molecule is O=C(NCc1ccccc1)c1nc2c(o1)CCN(CC1CCCC1)CC2. The van der Waals surface area contributed by atoms with Gasteiger partial charge in [-0.1, -0.05) is 43.2 Å². The van der Waals surface area contributed by atoms with Gasteiger partial charge in [0.2, 0.25) is 0 Å². The summed E-state index contributed by atoms with van der Waals surface area (Å²) in [5.74, 6) is 1.73. The maximum atomic E-state index is 12.3. The van der Waals surface area contributed by atoms with Gasteiger partial charge in [-0.3, -0.25) is 4.79 Å². The summed E-state index contributed by atoms with van der Waals surface area (Å²) in [6, 6.07) is 9.87. The fraction of sp³-hybridized carbons (Fsp3) is 0.524. The van der Waals surface area contributed by atoms with E-state index in [2.05, 4.69) is 15.2 Å². The van der Waals surface area contributed by atoms with Crippen molar-refractivity contribution in [3.8, 4) is 0 Å². The van der Waals surface area contributed by atoms with E-state index in [-0.39, 0.29) is 11.8 Å². The average molecular weight is 353 g/mol. The summed E-state index contributed by atoms with van der Waals surface area (Å²) in [6.07, 6.45) is 7.26. The van der Waals surface area contributed by atoms with Crippen LogP contribution in [0.3, 0.4) is 0 Å². The van der Waals surface area contributed by atoms with Gasteiger partial charge in [-0.2, -0.15) is 0 Å². The molecule has 0 bridgehead atoms. The molecule has 0 unspecified atom stereocenters. The number of oxazole rings is 1. The molecule has 1 aromatic carbocycles. The van der Waals surface area contributed by atoms with Crippen molar-refractivity contribution in [2.45, 2.75) is 45.1 Å². The Balaban J connectivity index is 1.32. The molecule has 1 N–H and O–H groups in total. The summed E-state index contributed by atoms with van der Waals surface area (Å²) < 4.78 is 5.80. The lowest BCUT2D eigenvalue weighted by atomic mass is 10.1. The molecule has 1 amide bonds. The van der Waals surface area contributed by atoms with Crippen LogP contribution in [-0.2, 0) is 19.4 Å². The number of carbonyl (C=O) groups excluding carboxylic acids is 1. The number of rotatable bonds is 5. The Hall–Kier alpha value is -2.14. The molecule has 4 rings (SSSR count). The van der Waals surface area contributed by atoms with Crippen molar-refractivity contribution in [2.24, 2.45) is 5.92 Å². The molecule has 5 nitrogen and oxygen atoms in total. The van der Waals surface area contributed by atoms with E-state index in [1.54, 1.807) is 0 Å². The number of nitrogens with zero attached hydrogens (tertiary/aromatic N) is 2. The predicted molar refractivity (Wildman–Crippen MR) is 99.9 cm³/mol. The lowest BCUT2D eigenvalue weighted by molar-refractivity contribution is 0.0914. The molecular weight excluding hydrogens is 326 g/mol. The van der Waals surface area contributed by atoms with Gasteiger partial charge in [-0.25, -0.2) is 4.98 Å². The molecule has 2 heterocycles. The number of carbonyl (C=O) groups is 1. The van der Waals surface area contributed by atoms with Crippen LogP contribution in [0.15, 0.2) is 34.7 Å². The molecule has 26 heavy (non-hydrogen) atoms. The summed E-state index contributed by atoms with van der Waals surface area (Å²) in [6.45, 7) is 3.71. The average Bonchev–Trinajstić information content (AvgIpc) is 3.29. The topological polar surface area (TPSA) is 58.4 Å². The van der Waals surface area contributed by atoms with Crippen LogP contribution in [-0.4, -0.2) is 35.4 Å². The van der Waals surface area contributed by atoms with Gasteiger partial charge in [0, 0.05) is 39.0 Å². The van der Waals surface area contributed by atoms with E-state index in [9.17, 15) is 4.79 Å². The van der Waals surface area contributed by atoms with Crippen molar-refractivity contribution >= 4 is 5.91 Å². The number of benzene rings is 1. The predicted octanol–water partition coefficient (Wildman–Crippen LogP) is 3.20. The first-order valence-corrected chi connectivity index (χ1v) is 9.81. The number of fused-ring (bicyclic) bond motifs is 1. The van der Waals surface area contributed by atoms with Crippen LogP contribution in [0.1, 0.15) is 53.4 Å². The molecular formula is C21H27N3O2. The molecule has 1 aromatic heterocycles. The molecule has 5 heteroatoms. The summed E-state index contributed by atoms with van der Waals surface area (Å²) in [7, 11) is 0. The molecule has 1 saturated carbocycles. The Morgan fingerprint density at radius 3 is 2.73 bits per heavy atom. The maximum Gasteiger partial charge on any atom is 0.307 e. The summed E-state index contributed by atoms with van der Waals surface area (Å²) >= 11 is 0. The smallest absolute Gasteiger partial charge is 0.307 e. The van der Waals surface area contributed by atoms with Crippen LogP contribution in [0.2, 0.25) is 0 Å². The Kier molecular flexibility index (Phi) is 5.34. The Bertz CT molecular complexity index is 709. The van der Waals surface area contributed by atoms with Crippen molar-refractivity contribution in [3.05, 3.63) is 53.2 Å². The third kappa shape index (κ3) is 4.15. The van der Waals surface area contributed by atoms with Gasteiger partial charge in [0.1, 0.15) is 5.76 Å². The summed E-state index contributed by atoms with van der Waals surface area (Å²) in [5.41, 5.74) is 2.03. The third-order valence-corrected chi connectivity index (χ3v) is 5.58. The van der Waals surface area contributed by atoms with Crippen LogP contribution >= 0.6 is 0 Å². The Morgan fingerprint density at radius 1 is 1.15 bits per heavy atom. The highest BCUT2D eigenvalue weighted by Gasteiger charge is 2.24. The molecule has 0 saturated heterocycles. The highest BCUT2D eigenvalue weighted by molar-refractivity contribution is 5.89. The minimum absolute atomic E-state index is 0.204. The number of amides is 1. The van der Waals surface area contributed by atoms with Crippen molar-refractivity contribution < 1.29 is 9.21 Å². The number of aromatic nitrogens is 1. The van der Waals surface area contributed by atoms with E-state index < -0.39 is 0 Å². The zero-order valence-electron chi connectivity index (χ0n) is 15.2. The lowest BCUT2D eigenvalue weighted by Crippen LogP contribution is -2.31. The van der Waals surface area contributed by atoms with Crippen molar-refractivity contribution in [2.75, 3.05) is 19.6 Å². The van der Waals surface area contributed by atoms with Gasteiger partial charge in [0.15, 0.2) is 0 Å². The van der Waals surface area contributed by atoms with Gasteiger partial charge in [-0.15, -0.1) is 0 Å². The van der Waals surface area contributed by atoms with Crippen LogP contribution < -0.4 is 5.32 Å². The van der Waals surface area contributed by atoms with Crippen LogP contribution in [0.25, 0.3) is 0 Å². The second-order valence-electron chi connectivity index (χ2n) is 7.51. The van der Waals surface area contributed by atoms with Gasteiger partial charge >= 0.3 is 5.91 Å². The van der Waals surface area contributed by atoms with E-state index in [1.807, 2.05) is 30.3 Å². The van der Waals surface area contributed by atoms with Crippen molar-refractivity contribution in [3.63, 3.8) is 0 Å². The molecule has 2 aromatic rings. The molecule has 1 aliphatic carbocycles. The fourth-order valence-electron chi connectivity index (χ4n) is 4.10. The van der Waals surface area contributed by atoms with Crippen LogP contribution in [0, 0.1) is 5.92 Å². The molecule has 0 radical (unpaired) electrons. The number of hydrogen-bond donors (Lipinski definition) is 1. The summed E-state index contributed by atoms with van der Waals surface area (Å²) in [5, 5.41) is 2.89. The van der Waals surface area contributed by atoms with E-state index in [1.165, 1.54) is 32.2 Å². The second-order valence-corrected chi connectivity index (χ2v) is 7.51. The third-order valence-electron chi connectivity index (χ3n) is 5.58. The largest absolute Gasteiger partial charge is 0.437 e. The van der Waals surface area contributed by atoms with Gasteiger partial charge in [-0.05, 0) is 24.3 Å². The standard InChI is InChI=1S/C21H27N3O2/c25-20(22-14-16-6-2-1-3-7-16)21-23-18-10-12-24(13-11-19(18)26-21)15-17-8-4-5-9-17/h1-3,6-7,17H,4-5,8-15H2,(H,22,25). The first-order valence-electron chi connectivity index (χ1n) is 9.81. The summed E-state index contributed by atoms with van der Waals surface area (Å²) in [4.78, 5) is 19.4. The number of hydrogen-bond acceptors (Lipinski definition) is 4. The molecule has 1 aliphatic heterocycles. The fourth-order valence-corrected chi connectivity index (χ4v) is 4.10. The quantitative estimate of drug-likeness (QED) is 0.897. The van der Waals surface area contributed by atoms with Crippen LogP contribution in [0.4, 0.5) is 0 Å². The van der Waals surface area contributed by atoms with Crippen LogP contribution in [0.5, 0.6) is 0 Å². The first-order chi connectivity index (χ1) is 12.8. The normalized spacial score (nSPS) is 18.5. The molecule has 138 valence electrons. The van der Waals surface area contributed by atoms with E-state index >= 15 is 0 Å². The van der Waals surface area contributed by atoms with Crippen molar-refractivity contribution in [1.82, 2.24) is 15.2 Å². The maximum absolute atomic E-state index is 12.3.